The predicted octanol–water partition coefficient (Wildman–Crippen LogP) is 11.3. The van der Waals surface area contributed by atoms with Crippen LogP contribution < -0.4 is 10.4 Å². The second-order valence-corrected chi connectivity index (χ2v) is 18.7. The van der Waals surface area contributed by atoms with Crippen LogP contribution in [0.2, 0.25) is 13.1 Å². The molecule has 1 aliphatic rings. The van der Waals surface area contributed by atoms with Gasteiger partial charge in [0.15, 0.2) is 17.5 Å². The molecule has 0 spiro atoms. The normalized spacial score (nSPS) is 12.9. The Kier molecular flexibility index (Phi) is 7.27. The van der Waals surface area contributed by atoms with E-state index >= 15 is 0 Å². The van der Waals surface area contributed by atoms with E-state index in [1.165, 1.54) is 48.6 Å². The van der Waals surface area contributed by atoms with Gasteiger partial charge in [-0.3, -0.25) is 0 Å². The molecule has 1 aromatic heterocycles. The summed E-state index contributed by atoms with van der Waals surface area (Å²) in [5, 5.41) is 7.99. The van der Waals surface area contributed by atoms with E-state index in [0.717, 1.165) is 33.4 Å². The van der Waals surface area contributed by atoms with Crippen LogP contribution >= 0.6 is 0 Å². The Hall–Kier alpha value is -6.49. The Morgan fingerprint density at radius 2 is 0.868 bits per heavy atom. The maximum Gasteiger partial charge on any atom is 0.164 e. The maximum absolute atomic E-state index is 5.35. The minimum atomic E-state index is -2.20. The van der Waals surface area contributed by atoms with Crippen LogP contribution in [0, 0.1) is 0 Å². The lowest BCUT2D eigenvalue weighted by molar-refractivity contribution is 1.08. The molecule has 9 aromatic rings. The molecule has 53 heavy (non-hydrogen) atoms. The van der Waals surface area contributed by atoms with Gasteiger partial charge in [0, 0.05) is 16.7 Å². The monoisotopic (exact) mass is 693 g/mol. The van der Waals surface area contributed by atoms with Gasteiger partial charge in [0.25, 0.3) is 0 Å². The average Bonchev–Trinajstić information content (AvgIpc) is 3.47. The molecule has 1 aliphatic heterocycles. The van der Waals surface area contributed by atoms with Crippen molar-refractivity contribution in [2.24, 2.45) is 0 Å². The molecule has 8 aromatic carbocycles. The lowest BCUT2D eigenvalue weighted by atomic mass is 9.98. The van der Waals surface area contributed by atoms with E-state index in [2.05, 4.69) is 189 Å². The zero-order chi connectivity index (χ0) is 35.5. The molecular formula is C49H35N3Si. The second-order valence-electron chi connectivity index (χ2n) is 14.4. The van der Waals surface area contributed by atoms with E-state index in [1.807, 2.05) is 0 Å². The first kappa shape index (κ1) is 31.3. The number of benzene rings is 8. The smallest absolute Gasteiger partial charge is 0.164 e. The summed E-state index contributed by atoms with van der Waals surface area (Å²) in [7, 11) is -2.20. The van der Waals surface area contributed by atoms with Crippen molar-refractivity contribution in [3.8, 4) is 67.5 Å². The van der Waals surface area contributed by atoms with Crippen LogP contribution in [0.15, 0.2) is 176 Å². The Balaban J connectivity index is 1.16. The molecule has 250 valence electrons. The first-order chi connectivity index (χ1) is 26.0. The number of rotatable bonds is 5. The molecule has 10 rings (SSSR count). The van der Waals surface area contributed by atoms with Crippen LogP contribution in [0.25, 0.3) is 89.1 Å². The van der Waals surface area contributed by atoms with Gasteiger partial charge in [0.1, 0.15) is 8.07 Å². The fourth-order valence-electron chi connectivity index (χ4n) is 8.40. The third-order valence-electron chi connectivity index (χ3n) is 10.9. The maximum atomic E-state index is 5.35. The van der Waals surface area contributed by atoms with Crippen LogP contribution in [0.5, 0.6) is 0 Å². The van der Waals surface area contributed by atoms with Crippen LogP contribution in [0.4, 0.5) is 0 Å². The molecule has 0 saturated heterocycles. The Morgan fingerprint density at radius 1 is 0.321 bits per heavy atom. The third kappa shape index (κ3) is 5.22. The molecule has 0 aliphatic carbocycles. The Bertz CT molecular complexity index is 2860. The minimum absolute atomic E-state index is 0.663. The highest BCUT2D eigenvalue weighted by molar-refractivity contribution is 7.05. The predicted molar refractivity (Wildman–Crippen MR) is 224 cm³/mol. The lowest BCUT2D eigenvalue weighted by Gasteiger charge is -2.23. The summed E-state index contributed by atoms with van der Waals surface area (Å²) in [6, 6.07) is 62.8. The summed E-state index contributed by atoms with van der Waals surface area (Å²) < 4.78 is 0. The van der Waals surface area contributed by atoms with Crippen LogP contribution in [-0.2, 0) is 0 Å². The van der Waals surface area contributed by atoms with Gasteiger partial charge in [-0.05, 0) is 71.4 Å². The van der Waals surface area contributed by atoms with Gasteiger partial charge in [0.05, 0.1) is 0 Å². The van der Waals surface area contributed by atoms with Gasteiger partial charge in [-0.25, -0.2) is 15.0 Å². The number of nitrogens with zero attached hydrogens (tertiary/aromatic N) is 3. The van der Waals surface area contributed by atoms with E-state index in [0.29, 0.717) is 17.5 Å². The summed E-state index contributed by atoms with van der Waals surface area (Å²) in [6.45, 7) is 4.96. The molecule has 3 nitrogen and oxygen atoms in total. The molecule has 2 heterocycles. The van der Waals surface area contributed by atoms with Crippen molar-refractivity contribution in [2.45, 2.75) is 13.1 Å². The molecule has 0 N–H and O–H groups in total. The van der Waals surface area contributed by atoms with E-state index < -0.39 is 8.07 Å². The summed E-state index contributed by atoms with van der Waals surface area (Å²) in [5.74, 6) is 2.04. The van der Waals surface area contributed by atoms with E-state index in [-0.39, 0.29) is 0 Å². The molecule has 0 atom stereocenters. The molecular weight excluding hydrogens is 659 g/mol. The van der Waals surface area contributed by atoms with E-state index in [1.54, 1.807) is 0 Å². The first-order valence-corrected chi connectivity index (χ1v) is 21.2. The van der Waals surface area contributed by atoms with Crippen LogP contribution in [-0.4, -0.2) is 23.0 Å². The van der Waals surface area contributed by atoms with Crippen molar-refractivity contribution in [1.29, 1.82) is 0 Å². The first-order valence-electron chi connectivity index (χ1n) is 18.2. The van der Waals surface area contributed by atoms with Crippen molar-refractivity contribution < 1.29 is 0 Å². The Labute approximate surface area is 310 Å². The van der Waals surface area contributed by atoms with Crippen molar-refractivity contribution in [2.75, 3.05) is 0 Å². The summed E-state index contributed by atoms with van der Waals surface area (Å²) in [4.78, 5) is 15.9. The number of aromatic nitrogens is 3. The molecule has 0 fully saturated rings. The van der Waals surface area contributed by atoms with E-state index in [9.17, 15) is 0 Å². The lowest BCUT2D eigenvalue weighted by Crippen LogP contribution is -2.50. The quantitative estimate of drug-likeness (QED) is 0.168. The highest BCUT2D eigenvalue weighted by atomic mass is 28.3. The second kappa shape index (κ2) is 12.3. The third-order valence-corrected chi connectivity index (χ3v) is 14.5. The summed E-state index contributed by atoms with van der Waals surface area (Å²) in [5.41, 5.74) is 10.2. The van der Waals surface area contributed by atoms with Gasteiger partial charge in [-0.2, -0.15) is 0 Å². The van der Waals surface area contributed by atoms with Crippen LogP contribution in [0.3, 0.4) is 0 Å². The van der Waals surface area contributed by atoms with Crippen molar-refractivity contribution >= 4 is 40.0 Å². The van der Waals surface area contributed by atoms with Gasteiger partial charge >= 0.3 is 0 Å². The van der Waals surface area contributed by atoms with Crippen molar-refractivity contribution in [3.63, 3.8) is 0 Å². The number of hydrogen-bond donors (Lipinski definition) is 0. The van der Waals surface area contributed by atoms with Crippen molar-refractivity contribution in [3.05, 3.63) is 176 Å². The summed E-state index contributed by atoms with van der Waals surface area (Å²) >= 11 is 0. The molecule has 0 radical (unpaired) electrons. The molecule has 0 amide bonds. The van der Waals surface area contributed by atoms with Crippen LogP contribution in [0.1, 0.15) is 0 Å². The topological polar surface area (TPSA) is 38.7 Å². The number of fused-ring (bicyclic) bond motifs is 6. The largest absolute Gasteiger partial charge is 0.208 e. The summed E-state index contributed by atoms with van der Waals surface area (Å²) in [6.07, 6.45) is 0. The molecule has 4 heteroatoms. The fourth-order valence-corrected chi connectivity index (χ4v) is 12.2. The number of hydrogen-bond acceptors (Lipinski definition) is 3. The van der Waals surface area contributed by atoms with Gasteiger partial charge < -0.3 is 0 Å². The standard InChI is InChI=1S/C49H35N3Si/c1-53(2)45-40-19-9-8-16-35(40)29-30-42(45)41-21-12-22-44(46(41)53)49-51-47(50-48(52-49)43-20-11-10-18-39(43)34-14-4-3-5-15-34)36-26-23-33(24-27-36)38-28-25-32-13-6-7-17-37(32)31-38/h3-31H,1-2H3. The molecule has 0 bridgehead atoms. The minimum Gasteiger partial charge on any atom is -0.208 e. The SMILES string of the molecule is C[Si]1(C)c2c(-c3nc(-c4ccc(-c5ccc6ccccc6c5)cc4)nc(-c4ccccc4-c4ccccc4)n3)cccc2-c2ccc3ccccc3c21. The van der Waals surface area contributed by atoms with E-state index in [4.69, 9.17) is 15.0 Å². The average molecular weight is 694 g/mol. The van der Waals surface area contributed by atoms with Crippen molar-refractivity contribution in [1.82, 2.24) is 15.0 Å². The molecule has 0 saturated carbocycles. The molecule has 0 unspecified atom stereocenters. The van der Waals surface area contributed by atoms with Gasteiger partial charge in [0.2, 0.25) is 0 Å². The fraction of sp³-hybridized carbons (Fsp3) is 0.0408. The Morgan fingerprint density at radius 3 is 1.68 bits per heavy atom. The highest BCUT2D eigenvalue weighted by Crippen LogP contribution is 2.37. The van der Waals surface area contributed by atoms with Gasteiger partial charge in [-0.1, -0.05) is 183 Å². The zero-order valence-electron chi connectivity index (χ0n) is 29.6. The van der Waals surface area contributed by atoms with Gasteiger partial charge in [-0.15, -0.1) is 0 Å². The zero-order valence-corrected chi connectivity index (χ0v) is 30.6. The highest BCUT2D eigenvalue weighted by Gasteiger charge is 2.41.